The third kappa shape index (κ3) is 3.47. The number of hydrogen-bond acceptors (Lipinski definition) is 2. The minimum atomic E-state index is 0.0903. The van der Waals surface area contributed by atoms with Gasteiger partial charge in [-0.05, 0) is 31.6 Å². The van der Waals surface area contributed by atoms with Gasteiger partial charge in [0.1, 0.15) is 0 Å². The van der Waals surface area contributed by atoms with E-state index in [0.29, 0.717) is 12.1 Å². The quantitative estimate of drug-likeness (QED) is 0.720. The van der Waals surface area contributed by atoms with Crippen molar-refractivity contribution in [2.45, 2.75) is 77.4 Å². The molecule has 3 heteroatoms. The fourth-order valence-corrected chi connectivity index (χ4v) is 2.98. The topological polar surface area (TPSA) is 32.3 Å². The van der Waals surface area contributed by atoms with E-state index in [2.05, 4.69) is 24.1 Å². The number of rotatable bonds is 8. The van der Waals surface area contributed by atoms with Gasteiger partial charge >= 0.3 is 0 Å². The van der Waals surface area contributed by atoms with Gasteiger partial charge in [-0.3, -0.25) is 10.1 Å². The van der Waals surface area contributed by atoms with Crippen molar-refractivity contribution in [2.75, 3.05) is 6.54 Å². The van der Waals surface area contributed by atoms with Gasteiger partial charge in [-0.2, -0.15) is 0 Å². The van der Waals surface area contributed by atoms with Crippen LogP contribution in [0.5, 0.6) is 0 Å². The first-order valence-corrected chi connectivity index (χ1v) is 7.82. The summed E-state index contributed by atoms with van der Waals surface area (Å²) in [7, 11) is 0. The third-order valence-corrected chi connectivity index (χ3v) is 4.20. The van der Waals surface area contributed by atoms with Crippen LogP contribution in [0.4, 0.5) is 0 Å². The van der Waals surface area contributed by atoms with E-state index in [0.717, 1.165) is 38.1 Å². The molecule has 0 aromatic heterocycles. The van der Waals surface area contributed by atoms with Crippen LogP contribution in [0.25, 0.3) is 0 Å². The number of carbonyl (C=O) groups is 1. The Morgan fingerprint density at radius 2 is 1.89 bits per heavy atom. The molecular weight excluding hydrogens is 224 g/mol. The molecule has 2 fully saturated rings. The fraction of sp³-hybridized carbons (Fsp3) is 0.933. The van der Waals surface area contributed by atoms with Crippen molar-refractivity contribution in [3.05, 3.63) is 0 Å². The standard InChI is InChI=1S/C15H28N2O/c1-3-6-13-15(18)17(14(16-13)7-4-2)11-5-8-12-9-10-12/h12-14,16H,3-11H2,1-2H3. The molecule has 0 spiro atoms. The Hall–Kier alpha value is -0.570. The highest BCUT2D eigenvalue weighted by molar-refractivity contribution is 5.84. The van der Waals surface area contributed by atoms with Gasteiger partial charge in [-0.15, -0.1) is 0 Å². The lowest BCUT2D eigenvalue weighted by Crippen LogP contribution is -2.37. The van der Waals surface area contributed by atoms with Crippen molar-refractivity contribution in [1.29, 1.82) is 0 Å². The second-order valence-corrected chi connectivity index (χ2v) is 5.93. The number of nitrogens with one attached hydrogen (secondary N) is 1. The van der Waals surface area contributed by atoms with E-state index in [1.807, 2.05) is 0 Å². The average Bonchev–Trinajstić information content (AvgIpc) is 3.12. The molecular formula is C15H28N2O. The summed E-state index contributed by atoms with van der Waals surface area (Å²) >= 11 is 0. The van der Waals surface area contributed by atoms with E-state index >= 15 is 0 Å². The Balaban J connectivity index is 1.83. The van der Waals surface area contributed by atoms with E-state index < -0.39 is 0 Å². The molecule has 1 saturated carbocycles. The van der Waals surface area contributed by atoms with Gasteiger partial charge in [0, 0.05) is 6.54 Å². The van der Waals surface area contributed by atoms with Gasteiger partial charge < -0.3 is 4.90 Å². The molecule has 0 radical (unpaired) electrons. The van der Waals surface area contributed by atoms with Crippen LogP contribution in [0.2, 0.25) is 0 Å². The fourth-order valence-electron chi connectivity index (χ4n) is 2.98. The Kier molecular flexibility index (Phi) is 5.04. The lowest BCUT2D eigenvalue weighted by Gasteiger charge is -2.23. The van der Waals surface area contributed by atoms with Crippen molar-refractivity contribution < 1.29 is 4.79 Å². The van der Waals surface area contributed by atoms with Gasteiger partial charge in [-0.25, -0.2) is 0 Å². The molecule has 2 rings (SSSR count). The maximum Gasteiger partial charge on any atom is 0.241 e. The summed E-state index contributed by atoms with van der Waals surface area (Å²) in [5.41, 5.74) is 0. The van der Waals surface area contributed by atoms with Crippen molar-refractivity contribution in [2.24, 2.45) is 5.92 Å². The molecule has 0 aromatic rings. The minimum absolute atomic E-state index is 0.0903. The van der Waals surface area contributed by atoms with Crippen LogP contribution in [0.15, 0.2) is 0 Å². The molecule has 0 bridgehead atoms. The summed E-state index contributed by atoms with van der Waals surface area (Å²) in [5.74, 6) is 1.33. The molecule has 1 N–H and O–H groups in total. The van der Waals surface area contributed by atoms with Gasteiger partial charge in [0.05, 0.1) is 12.2 Å². The average molecular weight is 252 g/mol. The highest BCUT2D eigenvalue weighted by Gasteiger charge is 2.37. The Bertz CT molecular complexity index is 276. The van der Waals surface area contributed by atoms with Gasteiger partial charge in [0.25, 0.3) is 0 Å². The van der Waals surface area contributed by atoms with Crippen molar-refractivity contribution in [3.63, 3.8) is 0 Å². The second kappa shape index (κ2) is 6.55. The molecule has 0 aromatic carbocycles. The van der Waals surface area contributed by atoms with Crippen LogP contribution in [0.3, 0.4) is 0 Å². The molecule has 1 amide bonds. The highest BCUT2D eigenvalue weighted by atomic mass is 16.2. The van der Waals surface area contributed by atoms with Crippen LogP contribution in [0, 0.1) is 5.92 Å². The number of nitrogens with zero attached hydrogens (tertiary/aromatic N) is 1. The first kappa shape index (κ1) is 13.9. The molecule has 3 nitrogen and oxygen atoms in total. The van der Waals surface area contributed by atoms with Crippen LogP contribution < -0.4 is 5.32 Å². The SMILES string of the molecule is CCCC1NC(CCC)N(CCCC2CC2)C1=O. The van der Waals surface area contributed by atoms with Crippen LogP contribution >= 0.6 is 0 Å². The molecule has 1 saturated heterocycles. The summed E-state index contributed by atoms with van der Waals surface area (Å²) in [4.78, 5) is 14.5. The van der Waals surface area contributed by atoms with E-state index in [1.165, 1.54) is 25.7 Å². The monoisotopic (exact) mass is 252 g/mol. The summed E-state index contributed by atoms with van der Waals surface area (Å²) in [6.45, 7) is 5.31. The van der Waals surface area contributed by atoms with Crippen LogP contribution in [-0.4, -0.2) is 29.6 Å². The maximum absolute atomic E-state index is 12.3. The smallest absolute Gasteiger partial charge is 0.241 e. The van der Waals surface area contributed by atoms with Crippen molar-refractivity contribution in [1.82, 2.24) is 10.2 Å². The number of hydrogen-bond donors (Lipinski definition) is 1. The van der Waals surface area contributed by atoms with Gasteiger partial charge in [0.15, 0.2) is 0 Å². The first-order chi connectivity index (χ1) is 8.76. The predicted octanol–water partition coefficient (Wildman–Crippen LogP) is 2.90. The Morgan fingerprint density at radius 3 is 2.50 bits per heavy atom. The summed E-state index contributed by atoms with van der Waals surface area (Å²) in [6.07, 6.45) is 9.96. The third-order valence-electron chi connectivity index (χ3n) is 4.20. The Labute approximate surface area is 111 Å². The molecule has 18 heavy (non-hydrogen) atoms. The molecule has 104 valence electrons. The zero-order chi connectivity index (χ0) is 13.0. The lowest BCUT2D eigenvalue weighted by molar-refractivity contribution is -0.130. The lowest BCUT2D eigenvalue weighted by atomic mass is 10.1. The summed E-state index contributed by atoms with van der Waals surface area (Å²) < 4.78 is 0. The molecule has 1 aliphatic carbocycles. The van der Waals surface area contributed by atoms with E-state index in [9.17, 15) is 4.79 Å². The van der Waals surface area contributed by atoms with Gasteiger partial charge in [0.2, 0.25) is 5.91 Å². The Morgan fingerprint density at radius 1 is 1.17 bits per heavy atom. The van der Waals surface area contributed by atoms with Crippen molar-refractivity contribution in [3.8, 4) is 0 Å². The summed E-state index contributed by atoms with van der Waals surface area (Å²) in [6, 6.07) is 0.0903. The molecule has 1 aliphatic heterocycles. The van der Waals surface area contributed by atoms with Crippen LogP contribution in [0.1, 0.15) is 65.2 Å². The van der Waals surface area contributed by atoms with Gasteiger partial charge in [-0.1, -0.05) is 39.5 Å². The summed E-state index contributed by atoms with van der Waals surface area (Å²) in [5, 5.41) is 3.52. The molecule has 2 aliphatic rings. The second-order valence-electron chi connectivity index (χ2n) is 5.93. The zero-order valence-electron chi connectivity index (χ0n) is 12.0. The maximum atomic E-state index is 12.3. The normalized spacial score (nSPS) is 28.1. The van der Waals surface area contributed by atoms with E-state index in [1.54, 1.807) is 0 Å². The molecule has 2 unspecified atom stereocenters. The van der Waals surface area contributed by atoms with Crippen LogP contribution in [-0.2, 0) is 4.79 Å². The number of amides is 1. The molecule has 1 heterocycles. The van der Waals surface area contributed by atoms with Crippen molar-refractivity contribution >= 4 is 5.91 Å². The first-order valence-electron chi connectivity index (χ1n) is 7.82. The predicted molar refractivity (Wildman–Crippen MR) is 74.2 cm³/mol. The zero-order valence-corrected chi connectivity index (χ0v) is 12.0. The largest absolute Gasteiger partial charge is 0.326 e. The number of carbonyl (C=O) groups excluding carboxylic acids is 1. The highest BCUT2D eigenvalue weighted by Crippen LogP contribution is 2.33. The minimum Gasteiger partial charge on any atom is -0.326 e. The molecule has 2 atom stereocenters. The van der Waals surface area contributed by atoms with E-state index in [4.69, 9.17) is 0 Å². The van der Waals surface area contributed by atoms with E-state index in [-0.39, 0.29) is 6.04 Å².